The van der Waals surface area contributed by atoms with Gasteiger partial charge in [-0.2, -0.15) is 0 Å². The van der Waals surface area contributed by atoms with Gasteiger partial charge in [-0.05, 0) is 25.2 Å². The molecule has 0 amide bonds. The minimum Gasteiger partial charge on any atom is -0.242 e. The van der Waals surface area contributed by atoms with Crippen LogP contribution in [0.1, 0.15) is 31.7 Å². The van der Waals surface area contributed by atoms with Crippen molar-refractivity contribution in [3.8, 4) is 0 Å². The quantitative estimate of drug-likeness (QED) is 0.612. The summed E-state index contributed by atoms with van der Waals surface area (Å²) in [6.07, 6.45) is 7.02. The zero-order chi connectivity index (χ0) is 9.47. The molecule has 0 spiro atoms. The molecule has 0 radical (unpaired) electrons. The zero-order valence-corrected chi connectivity index (χ0v) is 9.24. The molecule has 0 saturated heterocycles. The molecular formula is C11H15NS. The Morgan fingerprint density at radius 3 is 3.00 bits per heavy atom. The van der Waals surface area contributed by atoms with Crippen LogP contribution in [0.2, 0.25) is 0 Å². The van der Waals surface area contributed by atoms with E-state index in [-0.39, 0.29) is 0 Å². The maximum absolute atomic E-state index is 4.51. The Labute approximate surface area is 82.8 Å². The van der Waals surface area contributed by atoms with Crippen LogP contribution in [0.15, 0.2) is 0 Å². The Morgan fingerprint density at radius 2 is 2.23 bits per heavy atom. The van der Waals surface area contributed by atoms with Crippen molar-refractivity contribution < 1.29 is 0 Å². The van der Waals surface area contributed by atoms with Gasteiger partial charge in [0.05, 0.1) is 14.9 Å². The van der Waals surface area contributed by atoms with Gasteiger partial charge in [-0.1, -0.05) is 26.0 Å². The van der Waals surface area contributed by atoms with E-state index < -0.39 is 0 Å². The molecule has 0 aliphatic heterocycles. The molecule has 70 valence electrons. The second-order valence-corrected chi connectivity index (χ2v) is 5.59. The van der Waals surface area contributed by atoms with Crippen LogP contribution in [-0.4, -0.2) is 4.98 Å². The molecule has 0 atom stereocenters. The lowest BCUT2D eigenvalue weighted by Gasteiger charge is -2.17. The van der Waals surface area contributed by atoms with E-state index in [2.05, 4.69) is 37.9 Å². The van der Waals surface area contributed by atoms with Crippen molar-refractivity contribution in [2.24, 2.45) is 5.41 Å². The Bertz CT molecular complexity index is 425. The SMILES string of the molecule is Cc1nc2c(s1)=CC(C)(C)CCC=2. The van der Waals surface area contributed by atoms with Gasteiger partial charge in [-0.3, -0.25) is 0 Å². The van der Waals surface area contributed by atoms with Crippen molar-refractivity contribution in [3.63, 3.8) is 0 Å². The number of aryl methyl sites for hydroxylation is 1. The lowest BCUT2D eigenvalue weighted by molar-refractivity contribution is 0.482. The van der Waals surface area contributed by atoms with E-state index in [1.54, 1.807) is 0 Å². The maximum atomic E-state index is 4.51. The van der Waals surface area contributed by atoms with Crippen LogP contribution < -0.4 is 9.88 Å². The van der Waals surface area contributed by atoms with E-state index in [1.807, 2.05) is 11.3 Å². The lowest BCUT2D eigenvalue weighted by atomic mass is 9.89. The summed E-state index contributed by atoms with van der Waals surface area (Å²) in [4.78, 5) is 4.51. The van der Waals surface area contributed by atoms with Gasteiger partial charge in [-0.25, -0.2) is 4.98 Å². The first-order valence-electron chi connectivity index (χ1n) is 4.73. The number of rotatable bonds is 0. The van der Waals surface area contributed by atoms with Gasteiger partial charge in [0.1, 0.15) is 0 Å². The minimum absolute atomic E-state index is 0.334. The second-order valence-electron chi connectivity index (χ2n) is 4.36. The first kappa shape index (κ1) is 8.95. The van der Waals surface area contributed by atoms with E-state index in [0.717, 1.165) is 6.42 Å². The third-order valence-electron chi connectivity index (χ3n) is 2.44. The summed E-state index contributed by atoms with van der Waals surface area (Å²) in [7, 11) is 0. The van der Waals surface area contributed by atoms with Gasteiger partial charge in [0.2, 0.25) is 0 Å². The summed E-state index contributed by atoms with van der Waals surface area (Å²) in [5.41, 5.74) is 0.334. The smallest absolute Gasteiger partial charge is 0.0907 e. The molecule has 0 bridgehead atoms. The molecule has 1 aromatic rings. The number of fused-ring (bicyclic) bond motifs is 1. The van der Waals surface area contributed by atoms with E-state index >= 15 is 0 Å². The highest BCUT2D eigenvalue weighted by atomic mass is 32.1. The molecule has 2 rings (SSSR count). The summed E-state index contributed by atoms with van der Waals surface area (Å²) in [5, 5.41) is 2.38. The highest BCUT2D eigenvalue weighted by molar-refractivity contribution is 7.09. The van der Waals surface area contributed by atoms with Crippen LogP contribution in [0, 0.1) is 12.3 Å². The van der Waals surface area contributed by atoms with Crippen molar-refractivity contribution in [2.45, 2.75) is 33.6 Å². The molecule has 1 aliphatic rings. The van der Waals surface area contributed by atoms with Crippen LogP contribution in [0.5, 0.6) is 0 Å². The molecule has 2 heteroatoms. The van der Waals surface area contributed by atoms with Crippen molar-refractivity contribution in [3.05, 3.63) is 14.9 Å². The first-order chi connectivity index (χ1) is 6.07. The predicted molar refractivity (Wildman–Crippen MR) is 58.0 cm³/mol. The van der Waals surface area contributed by atoms with Crippen molar-refractivity contribution in [1.82, 2.24) is 4.98 Å². The molecule has 0 aromatic carbocycles. The van der Waals surface area contributed by atoms with Gasteiger partial charge < -0.3 is 0 Å². The van der Waals surface area contributed by atoms with Gasteiger partial charge in [-0.15, -0.1) is 11.3 Å². The summed E-state index contributed by atoms with van der Waals surface area (Å²) in [6.45, 7) is 6.67. The van der Waals surface area contributed by atoms with Gasteiger partial charge in [0.15, 0.2) is 0 Å². The fourth-order valence-corrected chi connectivity index (χ4v) is 2.79. The summed E-state index contributed by atoms with van der Waals surface area (Å²) < 4.78 is 1.36. The van der Waals surface area contributed by atoms with E-state index in [9.17, 15) is 0 Å². The van der Waals surface area contributed by atoms with Gasteiger partial charge in [0.25, 0.3) is 0 Å². The summed E-state index contributed by atoms with van der Waals surface area (Å²) >= 11 is 1.81. The first-order valence-corrected chi connectivity index (χ1v) is 5.55. The van der Waals surface area contributed by atoms with Crippen molar-refractivity contribution in [2.75, 3.05) is 0 Å². The van der Waals surface area contributed by atoms with Crippen molar-refractivity contribution >= 4 is 23.5 Å². The molecule has 0 saturated carbocycles. The molecule has 1 heterocycles. The normalized spacial score (nSPS) is 19.6. The van der Waals surface area contributed by atoms with Crippen LogP contribution in [0.4, 0.5) is 0 Å². The predicted octanol–water partition coefficient (Wildman–Crippen LogP) is 1.83. The standard InChI is InChI=1S/C11H15NS/c1-8-12-9-5-4-6-11(2,3)7-10(9)13-8/h5,7H,4,6H2,1-3H3. The molecule has 1 nitrogen and oxygen atoms in total. The minimum atomic E-state index is 0.334. The number of hydrogen-bond donors (Lipinski definition) is 0. The summed E-state index contributed by atoms with van der Waals surface area (Å²) in [6, 6.07) is 0. The molecular weight excluding hydrogens is 178 g/mol. The van der Waals surface area contributed by atoms with E-state index in [0.29, 0.717) is 5.41 Å². The highest BCUT2D eigenvalue weighted by Gasteiger charge is 2.15. The second kappa shape index (κ2) is 2.95. The number of aromatic nitrogens is 1. The third kappa shape index (κ3) is 1.83. The topological polar surface area (TPSA) is 12.9 Å². The fraction of sp³-hybridized carbons (Fsp3) is 0.545. The molecule has 1 aliphatic carbocycles. The van der Waals surface area contributed by atoms with Crippen LogP contribution in [0.25, 0.3) is 12.2 Å². The fourth-order valence-electron chi connectivity index (χ4n) is 1.72. The number of nitrogens with zero attached hydrogens (tertiary/aromatic N) is 1. The average molecular weight is 193 g/mol. The number of thiazole rings is 1. The average Bonchev–Trinajstić information content (AvgIpc) is 2.23. The zero-order valence-electron chi connectivity index (χ0n) is 8.42. The molecule has 1 aromatic heterocycles. The highest BCUT2D eigenvalue weighted by Crippen LogP contribution is 2.25. The molecule has 0 N–H and O–H groups in total. The van der Waals surface area contributed by atoms with Crippen molar-refractivity contribution in [1.29, 1.82) is 0 Å². The molecule has 13 heavy (non-hydrogen) atoms. The van der Waals surface area contributed by atoms with Crippen LogP contribution in [0.3, 0.4) is 0 Å². The van der Waals surface area contributed by atoms with E-state index in [4.69, 9.17) is 0 Å². The Kier molecular flexibility index (Phi) is 2.03. The van der Waals surface area contributed by atoms with Gasteiger partial charge >= 0.3 is 0 Å². The van der Waals surface area contributed by atoms with Gasteiger partial charge in [0, 0.05) is 0 Å². The molecule has 0 fully saturated rings. The number of hydrogen-bond acceptors (Lipinski definition) is 2. The lowest BCUT2D eigenvalue weighted by Crippen LogP contribution is -2.21. The Balaban J connectivity index is 2.68. The maximum Gasteiger partial charge on any atom is 0.0907 e. The third-order valence-corrected chi connectivity index (χ3v) is 3.37. The summed E-state index contributed by atoms with van der Waals surface area (Å²) in [5.74, 6) is 0. The van der Waals surface area contributed by atoms with Crippen LogP contribution in [-0.2, 0) is 0 Å². The largest absolute Gasteiger partial charge is 0.242 e. The molecule has 0 unspecified atom stereocenters. The Morgan fingerprint density at radius 1 is 1.46 bits per heavy atom. The monoisotopic (exact) mass is 193 g/mol. The van der Waals surface area contributed by atoms with Crippen LogP contribution >= 0.6 is 11.3 Å². The van der Waals surface area contributed by atoms with E-state index in [1.165, 1.54) is 21.3 Å². The Hall–Kier alpha value is -0.630.